The Balaban J connectivity index is 0.000000159. The van der Waals surface area contributed by atoms with Gasteiger partial charge < -0.3 is 10.4 Å². The maximum Gasteiger partial charge on any atom is 0.283 e. The summed E-state index contributed by atoms with van der Waals surface area (Å²) in [6, 6.07) is 13.6. The molecule has 1 fully saturated rings. The van der Waals surface area contributed by atoms with Gasteiger partial charge in [-0.15, -0.1) is 4.73 Å². The highest BCUT2D eigenvalue weighted by molar-refractivity contribution is 5.78. The summed E-state index contributed by atoms with van der Waals surface area (Å²) in [5.41, 5.74) is 1.54. The SMILES string of the molecule is Cc1cc(C2CCCCC2)n(O)c(=O)c1.O=c1ccc2ccccc2n1O. The molecule has 2 N–H and O–H groups in total. The number of hydrogen-bond acceptors (Lipinski definition) is 4. The Morgan fingerprint density at radius 2 is 1.56 bits per heavy atom. The van der Waals surface area contributed by atoms with Gasteiger partial charge in [0.2, 0.25) is 0 Å². The largest absolute Gasteiger partial charge is 0.425 e. The topological polar surface area (TPSA) is 84.5 Å². The normalized spacial score (nSPS) is 14.6. The van der Waals surface area contributed by atoms with E-state index in [4.69, 9.17) is 0 Å². The van der Waals surface area contributed by atoms with E-state index in [1.54, 1.807) is 18.2 Å². The van der Waals surface area contributed by atoms with Crippen LogP contribution < -0.4 is 11.1 Å². The summed E-state index contributed by atoms with van der Waals surface area (Å²) in [4.78, 5) is 22.4. The van der Waals surface area contributed by atoms with Crippen molar-refractivity contribution in [2.24, 2.45) is 0 Å². The molecule has 2 heterocycles. The van der Waals surface area contributed by atoms with Gasteiger partial charge in [-0.2, -0.15) is 4.73 Å². The Kier molecular flexibility index (Phi) is 5.64. The molecule has 0 bridgehead atoms. The minimum absolute atomic E-state index is 0.310. The summed E-state index contributed by atoms with van der Waals surface area (Å²) >= 11 is 0. The van der Waals surface area contributed by atoms with Gasteiger partial charge in [0.25, 0.3) is 11.1 Å². The summed E-state index contributed by atoms with van der Waals surface area (Å²) in [5.74, 6) is 0.358. The van der Waals surface area contributed by atoms with Gasteiger partial charge in [-0.3, -0.25) is 9.59 Å². The second kappa shape index (κ2) is 8.12. The molecule has 0 unspecified atom stereocenters. The first-order chi connectivity index (χ1) is 13.0. The van der Waals surface area contributed by atoms with Crippen molar-refractivity contribution < 1.29 is 10.4 Å². The highest BCUT2D eigenvalue weighted by atomic mass is 16.5. The van der Waals surface area contributed by atoms with Gasteiger partial charge in [-0.25, -0.2) is 0 Å². The second-order valence-electron chi connectivity index (χ2n) is 6.98. The molecule has 0 saturated heterocycles. The van der Waals surface area contributed by atoms with Crippen LogP contribution in [0.1, 0.15) is 49.3 Å². The van der Waals surface area contributed by atoms with Crippen molar-refractivity contribution in [1.82, 2.24) is 9.46 Å². The van der Waals surface area contributed by atoms with Crippen LogP contribution in [0.15, 0.2) is 58.1 Å². The third-order valence-corrected chi connectivity index (χ3v) is 4.98. The maximum absolute atomic E-state index is 11.4. The van der Waals surface area contributed by atoms with E-state index in [0.29, 0.717) is 16.2 Å². The zero-order valence-corrected chi connectivity index (χ0v) is 15.3. The third kappa shape index (κ3) is 4.22. The lowest BCUT2D eigenvalue weighted by atomic mass is 9.86. The van der Waals surface area contributed by atoms with Gasteiger partial charge in [0.1, 0.15) is 0 Å². The van der Waals surface area contributed by atoms with Crippen LogP contribution in [0.2, 0.25) is 0 Å². The Bertz CT molecular complexity index is 1050. The van der Waals surface area contributed by atoms with Crippen LogP contribution in [0.25, 0.3) is 10.9 Å². The zero-order chi connectivity index (χ0) is 19.4. The van der Waals surface area contributed by atoms with Gasteiger partial charge in [0.15, 0.2) is 0 Å². The number of benzene rings is 1. The number of nitrogens with zero attached hydrogens (tertiary/aromatic N) is 2. The fraction of sp³-hybridized carbons (Fsp3) is 0.333. The van der Waals surface area contributed by atoms with Gasteiger partial charge in [-0.1, -0.05) is 37.5 Å². The molecule has 1 aliphatic rings. The Morgan fingerprint density at radius 3 is 2.30 bits per heavy atom. The second-order valence-corrected chi connectivity index (χ2v) is 6.98. The average Bonchev–Trinajstić information content (AvgIpc) is 2.69. The smallest absolute Gasteiger partial charge is 0.283 e. The molecule has 0 aliphatic heterocycles. The standard InChI is InChI=1S/C12H17NO2.C9H7NO2/c1-9-7-11(13(15)12(14)8-9)10-5-3-2-4-6-10;11-9-6-5-7-3-1-2-4-8(7)10(9)12/h7-8,10,15H,2-6H2,1H3;1-6,12H. The monoisotopic (exact) mass is 368 g/mol. The summed E-state index contributed by atoms with van der Waals surface area (Å²) in [7, 11) is 0. The molecule has 3 aromatic rings. The molecular weight excluding hydrogens is 344 g/mol. The van der Waals surface area contributed by atoms with E-state index in [-0.39, 0.29) is 5.56 Å². The summed E-state index contributed by atoms with van der Waals surface area (Å²) in [6.07, 6.45) is 5.85. The van der Waals surface area contributed by atoms with E-state index in [1.165, 1.54) is 31.4 Å². The van der Waals surface area contributed by atoms with Gasteiger partial charge in [0.05, 0.1) is 11.2 Å². The fourth-order valence-corrected chi connectivity index (χ4v) is 3.58. The summed E-state index contributed by atoms with van der Waals surface area (Å²) in [6.45, 7) is 1.90. The molecular formula is C21H24N2O4. The van der Waals surface area contributed by atoms with Crippen molar-refractivity contribution in [3.63, 3.8) is 0 Å². The summed E-state index contributed by atoms with van der Waals surface area (Å²) < 4.78 is 1.47. The van der Waals surface area contributed by atoms with Crippen LogP contribution >= 0.6 is 0 Å². The molecule has 142 valence electrons. The minimum Gasteiger partial charge on any atom is -0.425 e. The zero-order valence-electron chi connectivity index (χ0n) is 15.3. The van der Waals surface area contributed by atoms with Crippen LogP contribution in [-0.4, -0.2) is 19.9 Å². The predicted octanol–water partition coefficient (Wildman–Crippen LogP) is 3.68. The Morgan fingerprint density at radius 1 is 0.852 bits per heavy atom. The Labute approximate surface area is 156 Å². The lowest BCUT2D eigenvalue weighted by Crippen LogP contribution is -2.23. The van der Waals surface area contributed by atoms with E-state index < -0.39 is 5.56 Å². The lowest BCUT2D eigenvalue weighted by Gasteiger charge is -2.22. The van der Waals surface area contributed by atoms with E-state index in [0.717, 1.165) is 34.2 Å². The van der Waals surface area contributed by atoms with Crippen LogP contribution in [0.3, 0.4) is 0 Å². The molecule has 6 heteroatoms. The molecule has 4 rings (SSSR count). The number of pyridine rings is 2. The molecule has 6 nitrogen and oxygen atoms in total. The van der Waals surface area contributed by atoms with Crippen molar-refractivity contribution in [3.8, 4) is 0 Å². The number of rotatable bonds is 1. The quantitative estimate of drug-likeness (QED) is 0.642. The number of aryl methyl sites for hydroxylation is 1. The highest BCUT2D eigenvalue weighted by Crippen LogP contribution is 2.31. The molecule has 0 amide bonds. The van der Waals surface area contributed by atoms with E-state index in [1.807, 2.05) is 25.1 Å². The molecule has 0 spiro atoms. The number of fused-ring (bicyclic) bond motifs is 1. The van der Waals surface area contributed by atoms with Crippen molar-refractivity contribution >= 4 is 10.9 Å². The van der Waals surface area contributed by atoms with Crippen molar-refractivity contribution in [1.29, 1.82) is 0 Å². The van der Waals surface area contributed by atoms with Crippen molar-refractivity contribution in [2.75, 3.05) is 0 Å². The molecule has 1 aliphatic carbocycles. The van der Waals surface area contributed by atoms with Crippen LogP contribution in [0, 0.1) is 6.92 Å². The van der Waals surface area contributed by atoms with Crippen LogP contribution in [-0.2, 0) is 0 Å². The highest BCUT2D eigenvalue weighted by Gasteiger charge is 2.19. The average molecular weight is 368 g/mol. The maximum atomic E-state index is 11.4. The lowest BCUT2D eigenvalue weighted by molar-refractivity contribution is 0.156. The van der Waals surface area contributed by atoms with Gasteiger partial charge in [-0.05, 0) is 43.5 Å². The number of para-hydroxylation sites is 1. The molecule has 1 aromatic carbocycles. The summed E-state index contributed by atoms with van der Waals surface area (Å²) in [5, 5.41) is 19.8. The molecule has 0 radical (unpaired) electrons. The van der Waals surface area contributed by atoms with Crippen molar-refractivity contribution in [2.45, 2.75) is 44.9 Å². The molecule has 27 heavy (non-hydrogen) atoms. The van der Waals surface area contributed by atoms with E-state index in [9.17, 15) is 20.0 Å². The molecule has 0 atom stereocenters. The van der Waals surface area contributed by atoms with Gasteiger partial charge >= 0.3 is 0 Å². The van der Waals surface area contributed by atoms with Gasteiger partial charge in [0, 0.05) is 23.4 Å². The number of aromatic nitrogens is 2. The van der Waals surface area contributed by atoms with E-state index in [2.05, 4.69) is 0 Å². The fourth-order valence-electron chi connectivity index (χ4n) is 3.58. The van der Waals surface area contributed by atoms with Crippen molar-refractivity contribution in [3.05, 3.63) is 80.5 Å². The van der Waals surface area contributed by atoms with E-state index >= 15 is 0 Å². The molecule has 2 aromatic heterocycles. The third-order valence-electron chi connectivity index (χ3n) is 4.98. The predicted molar refractivity (Wildman–Crippen MR) is 104 cm³/mol. The Hall–Kier alpha value is -3.02. The van der Waals surface area contributed by atoms with Crippen LogP contribution in [0.4, 0.5) is 0 Å². The first kappa shape index (κ1) is 18.8. The molecule has 1 saturated carbocycles. The minimum atomic E-state index is -0.409. The number of hydrogen-bond donors (Lipinski definition) is 2. The first-order valence-corrected chi connectivity index (χ1v) is 9.20. The van der Waals surface area contributed by atoms with Crippen LogP contribution in [0.5, 0.6) is 0 Å². The first-order valence-electron chi connectivity index (χ1n) is 9.20.